The number of fused-ring (bicyclic) bond motifs is 1. The lowest BCUT2D eigenvalue weighted by Gasteiger charge is -2.46. The molecule has 1 saturated heterocycles. The van der Waals surface area contributed by atoms with Gasteiger partial charge in [0.25, 0.3) is 0 Å². The van der Waals surface area contributed by atoms with Crippen LogP contribution in [-0.2, 0) is 0 Å². The van der Waals surface area contributed by atoms with E-state index in [4.69, 9.17) is 4.74 Å². The van der Waals surface area contributed by atoms with E-state index in [0.717, 1.165) is 25.4 Å². The van der Waals surface area contributed by atoms with Crippen LogP contribution >= 0.6 is 0 Å². The second-order valence-corrected chi connectivity index (χ2v) is 5.53. The Kier molecular flexibility index (Phi) is 3.92. The Morgan fingerprint density at radius 1 is 1.21 bits per heavy atom. The van der Waals surface area contributed by atoms with E-state index in [2.05, 4.69) is 34.5 Å². The third-order valence-electron chi connectivity index (χ3n) is 4.37. The minimum atomic E-state index is 0.681. The van der Waals surface area contributed by atoms with Crippen LogP contribution in [0.4, 0.5) is 5.69 Å². The number of hydrogen-bond acceptors (Lipinski definition) is 3. The van der Waals surface area contributed by atoms with Crippen molar-refractivity contribution in [2.24, 2.45) is 0 Å². The van der Waals surface area contributed by atoms with Crippen molar-refractivity contribution >= 4 is 5.69 Å². The summed E-state index contributed by atoms with van der Waals surface area (Å²) in [5, 5.41) is 3.69. The molecule has 19 heavy (non-hydrogen) atoms. The van der Waals surface area contributed by atoms with Gasteiger partial charge in [0.15, 0.2) is 0 Å². The van der Waals surface area contributed by atoms with Gasteiger partial charge in [0, 0.05) is 30.9 Å². The smallest absolute Gasteiger partial charge is 0.119 e. The Morgan fingerprint density at radius 3 is 2.79 bits per heavy atom. The Morgan fingerprint density at radius 2 is 2.00 bits per heavy atom. The Bertz CT molecular complexity index is 402. The molecule has 1 aromatic rings. The maximum absolute atomic E-state index is 5.52. The standard InChI is InChI=1S/C16H24N2O/c1-2-19-14-9-7-13(8-10-14)18-12-11-17-15-5-3-4-6-16(15)18/h7-10,15-17H,2-6,11-12H2,1H3. The normalized spacial score (nSPS) is 26.9. The van der Waals surface area contributed by atoms with Crippen molar-refractivity contribution in [3.8, 4) is 5.75 Å². The van der Waals surface area contributed by atoms with Gasteiger partial charge in [-0.1, -0.05) is 12.8 Å². The Balaban J connectivity index is 1.75. The van der Waals surface area contributed by atoms with Crippen LogP contribution in [0.5, 0.6) is 5.75 Å². The molecule has 1 aromatic carbocycles. The van der Waals surface area contributed by atoms with E-state index in [1.54, 1.807) is 0 Å². The fourth-order valence-corrected chi connectivity index (χ4v) is 3.48. The molecule has 3 heteroatoms. The van der Waals surface area contributed by atoms with Crippen LogP contribution in [-0.4, -0.2) is 31.8 Å². The summed E-state index contributed by atoms with van der Waals surface area (Å²) in [6.45, 7) is 4.98. The fourth-order valence-electron chi connectivity index (χ4n) is 3.48. The molecule has 2 atom stereocenters. The van der Waals surface area contributed by atoms with E-state index >= 15 is 0 Å². The summed E-state index contributed by atoms with van der Waals surface area (Å²) in [5.41, 5.74) is 1.35. The monoisotopic (exact) mass is 260 g/mol. The SMILES string of the molecule is CCOc1ccc(N2CCNC3CCCCC32)cc1. The lowest BCUT2D eigenvalue weighted by Crippen LogP contribution is -2.59. The van der Waals surface area contributed by atoms with E-state index in [0.29, 0.717) is 12.1 Å². The summed E-state index contributed by atoms with van der Waals surface area (Å²) in [6, 6.07) is 9.98. The van der Waals surface area contributed by atoms with Crippen molar-refractivity contribution in [1.82, 2.24) is 5.32 Å². The van der Waals surface area contributed by atoms with Gasteiger partial charge in [0.05, 0.1) is 6.61 Å². The molecule has 0 amide bonds. The second-order valence-electron chi connectivity index (χ2n) is 5.53. The predicted molar refractivity (Wildman–Crippen MR) is 79.0 cm³/mol. The van der Waals surface area contributed by atoms with Gasteiger partial charge in [0.1, 0.15) is 5.75 Å². The molecule has 0 radical (unpaired) electrons. The number of rotatable bonds is 3. The Labute approximate surface area is 115 Å². The highest BCUT2D eigenvalue weighted by Gasteiger charge is 2.32. The first-order chi connectivity index (χ1) is 9.38. The minimum absolute atomic E-state index is 0.681. The van der Waals surface area contributed by atoms with Gasteiger partial charge < -0.3 is 15.0 Å². The van der Waals surface area contributed by atoms with Crippen molar-refractivity contribution in [3.63, 3.8) is 0 Å². The number of hydrogen-bond donors (Lipinski definition) is 1. The molecule has 0 bridgehead atoms. The van der Waals surface area contributed by atoms with Crippen LogP contribution in [0.3, 0.4) is 0 Å². The molecule has 3 rings (SSSR count). The van der Waals surface area contributed by atoms with Crippen LogP contribution in [0.1, 0.15) is 32.6 Å². The molecule has 0 aromatic heterocycles. The molecule has 2 aliphatic rings. The molecule has 104 valence electrons. The highest BCUT2D eigenvalue weighted by atomic mass is 16.5. The summed E-state index contributed by atoms with van der Waals surface area (Å²) >= 11 is 0. The third-order valence-corrected chi connectivity index (χ3v) is 4.37. The summed E-state index contributed by atoms with van der Waals surface area (Å²) < 4.78 is 5.52. The van der Waals surface area contributed by atoms with Crippen LogP contribution in [0, 0.1) is 0 Å². The third kappa shape index (κ3) is 2.71. The number of nitrogens with zero attached hydrogens (tertiary/aromatic N) is 1. The first-order valence-electron chi connectivity index (χ1n) is 7.61. The fraction of sp³-hybridized carbons (Fsp3) is 0.625. The second kappa shape index (κ2) is 5.83. The lowest BCUT2D eigenvalue weighted by molar-refractivity contribution is 0.284. The first kappa shape index (κ1) is 12.8. The summed E-state index contributed by atoms with van der Waals surface area (Å²) in [5.74, 6) is 0.974. The largest absolute Gasteiger partial charge is 0.494 e. The summed E-state index contributed by atoms with van der Waals surface area (Å²) in [6.07, 6.45) is 5.41. The van der Waals surface area contributed by atoms with Crippen LogP contribution < -0.4 is 15.0 Å². The van der Waals surface area contributed by atoms with E-state index in [9.17, 15) is 0 Å². The number of ether oxygens (including phenoxy) is 1. The maximum Gasteiger partial charge on any atom is 0.119 e. The number of anilines is 1. The maximum atomic E-state index is 5.52. The van der Waals surface area contributed by atoms with Crippen LogP contribution in [0.15, 0.2) is 24.3 Å². The van der Waals surface area contributed by atoms with Crippen molar-refractivity contribution < 1.29 is 4.74 Å². The predicted octanol–water partition coefficient (Wildman–Crippen LogP) is 2.81. The van der Waals surface area contributed by atoms with Gasteiger partial charge in [-0.15, -0.1) is 0 Å². The van der Waals surface area contributed by atoms with Crippen molar-refractivity contribution in [1.29, 1.82) is 0 Å². The van der Waals surface area contributed by atoms with E-state index in [-0.39, 0.29) is 0 Å². The highest BCUT2D eigenvalue weighted by molar-refractivity contribution is 5.51. The van der Waals surface area contributed by atoms with Crippen LogP contribution in [0.2, 0.25) is 0 Å². The molecule has 0 spiro atoms. The van der Waals surface area contributed by atoms with Gasteiger partial charge in [-0.3, -0.25) is 0 Å². The van der Waals surface area contributed by atoms with E-state index in [1.807, 2.05) is 6.92 Å². The number of benzene rings is 1. The lowest BCUT2D eigenvalue weighted by atomic mass is 9.87. The Hall–Kier alpha value is -1.22. The molecule has 2 fully saturated rings. The molecule has 1 heterocycles. The van der Waals surface area contributed by atoms with Crippen molar-refractivity contribution in [3.05, 3.63) is 24.3 Å². The average Bonchev–Trinajstić information content (AvgIpc) is 2.48. The van der Waals surface area contributed by atoms with Gasteiger partial charge in [-0.05, 0) is 44.0 Å². The molecule has 1 aliphatic heterocycles. The van der Waals surface area contributed by atoms with Crippen LogP contribution in [0.25, 0.3) is 0 Å². The zero-order valence-electron chi connectivity index (χ0n) is 11.8. The van der Waals surface area contributed by atoms with Gasteiger partial charge in [0.2, 0.25) is 0 Å². The summed E-state index contributed by atoms with van der Waals surface area (Å²) in [4.78, 5) is 2.59. The van der Waals surface area contributed by atoms with Gasteiger partial charge in [-0.25, -0.2) is 0 Å². The zero-order valence-corrected chi connectivity index (χ0v) is 11.8. The molecule has 1 N–H and O–H groups in total. The number of piperazine rings is 1. The van der Waals surface area contributed by atoms with E-state index < -0.39 is 0 Å². The van der Waals surface area contributed by atoms with Crippen molar-refractivity contribution in [2.75, 3.05) is 24.6 Å². The molecular weight excluding hydrogens is 236 g/mol. The molecule has 2 unspecified atom stereocenters. The topological polar surface area (TPSA) is 24.5 Å². The van der Waals surface area contributed by atoms with Gasteiger partial charge >= 0.3 is 0 Å². The molecule has 1 aliphatic carbocycles. The molecular formula is C16H24N2O. The average molecular weight is 260 g/mol. The zero-order chi connectivity index (χ0) is 13.1. The van der Waals surface area contributed by atoms with E-state index in [1.165, 1.54) is 31.4 Å². The first-order valence-corrected chi connectivity index (χ1v) is 7.61. The quantitative estimate of drug-likeness (QED) is 0.904. The van der Waals surface area contributed by atoms with Crippen molar-refractivity contribution in [2.45, 2.75) is 44.7 Å². The molecule has 3 nitrogen and oxygen atoms in total. The minimum Gasteiger partial charge on any atom is -0.494 e. The highest BCUT2D eigenvalue weighted by Crippen LogP contribution is 2.30. The number of nitrogens with one attached hydrogen (secondary N) is 1. The molecule has 1 saturated carbocycles. The summed E-state index contributed by atoms with van der Waals surface area (Å²) in [7, 11) is 0. The van der Waals surface area contributed by atoms with Gasteiger partial charge in [-0.2, -0.15) is 0 Å².